The molecule has 33 heavy (non-hydrogen) atoms. The fourth-order valence-corrected chi connectivity index (χ4v) is 4.10. The van der Waals surface area contributed by atoms with Crippen LogP contribution in [0, 0.1) is 0 Å². The van der Waals surface area contributed by atoms with Crippen molar-refractivity contribution in [2.75, 3.05) is 57.7 Å². The molecule has 0 aliphatic carbocycles. The van der Waals surface area contributed by atoms with Gasteiger partial charge in [-0.15, -0.1) is 0 Å². The number of anilines is 3. The molecule has 8 heteroatoms. The summed E-state index contributed by atoms with van der Waals surface area (Å²) in [6.07, 6.45) is 1.82. The third-order valence-corrected chi connectivity index (χ3v) is 6.03. The molecule has 1 fully saturated rings. The van der Waals surface area contributed by atoms with Crippen LogP contribution in [0.1, 0.15) is 0 Å². The summed E-state index contributed by atoms with van der Waals surface area (Å²) in [7, 11) is 5.53. The average Bonchev–Trinajstić information content (AvgIpc) is 3.28. The van der Waals surface area contributed by atoms with Gasteiger partial charge >= 0.3 is 0 Å². The van der Waals surface area contributed by atoms with Crippen molar-refractivity contribution < 1.29 is 9.47 Å². The predicted molar refractivity (Wildman–Crippen MR) is 131 cm³/mol. The highest BCUT2D eigenvalue weighted by molar-refractivity contribution is 5.79. The fourth-order valence-electron chi connectivity index (χ4n) is 4.10. The number of rotatable bonds is 6. The summed E-state index contributed by atoms with van der Waals surface area (Å²) in [6.45, 7) is 4.09. The molecule has 1 aliphatic heterocycles. The molecule has 1 N–H and O–H groups in total. The Labute approximate surface area is 193 Å². The van der Waals surface area contributed by atoms with Crippen molar-refractivity contribution in [1.82, 2.24) is 19.7 Å². The molecule has 1 aliphatic rings. The Morgan fingerprint density at radius 3 is 2.39 bits per heavy atom. The van der Waals surface area contributed by atoms with E-state index in [0.29, 0.717) is 0 Å². The summed E-state index contributed by atoms with van der Waals surface area (Å²) >= 11 is 0. The quantitative estimate of drug-likeness (QED) is 0.483. The van der Waals surface area contributed by atoms with Crippen LogP contribution in [0.5, 0.6) is 11.5 Å². The first-order chi connectivity index (χ1) is 16.1. The number of likely N-dealkylation sites (N-methyl/N-ethyl adjacent to an activating group) is 1. The van der Waals surface area contributed by atoms with Gasteiger partial charge in [-0.25, -0.2) is 9.67 Å². The zero-order chi connectivity index (χ0) is 22.8. The lowest BCUT2D eigenvalue weighted by Gasteiger charge is -2.34. The van der Waals surface area contributed by atoms with E-state index in [1.165, 1.54) is 0 Å². The molecule has 0 saturated carbocycles. The molecule has 0 spiro atoms. The molecule has 8 nitrogen and oxygen atoms in total. The van der Waals surface area contributed by atoms with E-state index in [-0.39, 0.29) is 0 Å². The highest BCUT2D eigenvalue weighted by atomic mass is 16.5. The Kier molecular flexibility index (Phi) is 5.75. The minimum Gasteiger partial charge on any atom is -0.497 e. The molecular weight excluding hydrogens is 416 g/mol. The Balaban J connectivity index is 1.40. The predicted octanol–water partition coefficient (Wildman–Crippen LogP) is 3.93. The van der Waals surface area contributed by atoms with Gasteiger partial charge in [0.05, 0.1) is 31.8 Å². The number of nitrogens with zero attached hydrogens (tertiary/aromatic N) is 5. The number of hydrogen-bond donors (Lipinski definition) is 1. The molecule has 2 aromatic heterocycles. The smallest absolute Gasteiger partial charge is 0.165 e. The van der Waals surface area contributed by atoms with Crippen molar-refractivity contribution in [3.63, 3.8) is 0 Å². The largest absolute Gasteiger partial charge is 0.497 e. The standard InChI is InChI=1S/C25H28N6O2/c1-29-12-14-30(15-13-29)22-10-5-19(16-23(22)33-3)27-24-11-4-18-17-26-31(25(18)28-24)20-6-8-21(32-2)9-7-20/h4-11,16-17H,12-15H2,1-3H3,(H,27,28). The van der Waals surface area contributed by atoms with Crippen LogP contribution in [-0.2, 0) is 0 Å². The zero-order valence-electron chi connectivity index (χ0n) is 19.2. The van der Waals surface area contributed by atoms with Crippen LogP contribution in [0.2, 0.25) is 0 Å². The molecule has 0 bridgehead atoms. The second kappa shape index (κ2) is 8.99. The van der Waals surface area contributed by atoms with Gasteiger partial charge in [0.2, 0.25) is 0 Å². The van der Waals surface area contributed by atoms with Crippen molar-refractivity contribution in [2.45, 2.75) is 0 Å². The molecule has 2 aromatic carbocycles. The summed E-state index contributed by atoms with van der Waals surface area (Å²) < 4.78 is 12.8. The molecule has 3 heterocycles. The Morgan fingerprint density at radius 2 is 1.67 bits per heavy atom. The summed E-state index contributed by atoms with van der Waals surface area (Å²) in [6, 6.07) is 18.0. The van der Waals surface area contributed by atoms with Crippen LogP contribution < -0.4 is 19.7 Å². The number of piperazine rings is 1. The van der Waals surface area contributed by atoms with Crippen LogP contribution in [0.3, 0.4) is 0 Å². The lowest BCUT2D eigenvalue weighted by molar-refractivity contribution is 0.311. The highest BCUT2D eigenvalue weighted by Gasteiger charge is 2.18. The van der Waals surface area contributed by atoms with Crippen LogP contribution in [-0.4, -0.2) is 67.1 Å². The number of aromatic nitrogens is 3. The number of methoxy groups -OCH3 is 2. The van der Waals surface area contributed by atoms with E-state index in [1.807, 2.05) is 53.3 Å². The first-order valence-corrected chi connectivity index (χ1v) is 11.0. The summed E-state index contributed by atoms with van der Waals surface area (Å²) in [5.74, 6) is 2.40. The molecule has 1 saturated heterocycles. The number of fused-ring (bicyclic) bond motifs is 1. The van der Waals surface area contributed by atoms with Crippen LogP contribution in [0.15, 0.2) is 60.8 Å². The van der Waals surface area contributed by atoms with Crippen molar-refractivity contribution in [1.29, 1.82) is 0 Å². The third kappa shape index (κ3) is 4.29. The zero-order valence-corrected chi connectivity index (χ0v) is 19.2. The molecular formula is C25H28N6O2. The highest BCUT2D eigenvalue weighted by Crippen LogP contribution is 2.33. The van der Waals surface area contributed by atoms with Crippen molar-refractivity contribution in [2.24, 2.45) is 0 Å². The fraction of sp³-hybridized carbons (Fsp3) is 0.280. The van der Waals surface area contributed by atoms with E-state index in [0.717, 1.165) is 71.6 Å². The second-order valence-electron chi connectivity index (χ2n) is 8.17. The van der Waals surface area contributed by atoms with Crippen molar-refractivity contribution in [3.05, 3.63) is 60.8 Å². The van der Waals surface area contributed by atoms with E-state index in [1.54, 1.807) is 14.2 Å². The second-order valence-corrected chi connectivity index (χ2v) is 8.17. The number of pyridine rings is 1. The molecule has 0 atom stereocenters. The molecule has 0 unspecified atom stereocenters. The van der Waals surface area contributed by atoms with E-state index in [2.05, 4.69) is 39.4 Å². The monoisotopic (exact) mass is 444 g/mol. The Bertz CT molecular complexity index is 1250. The van der Waals surface area contributed by atoms with E-state index >= 15 is 0 Å². The minimum absolute atomic E-state index is 0.743. The van der Waals surface area contributed by atoms with Crippen molar-refractivity contribution >= 4 is 28.2 Å². The number of hydrogen-bond acceptors (Lipinski definition) is 7. The minimum atomic E-state index is 0.743. The average molecular weight is 445 g/mol. The summed E-state index contributed by atoms with van der Waals surface area (Å²) in [5.41, 5.74) is 3.75. The van der Waals surface area contributed by atoms with Gasteiger partial charge in [-0.1, -0.05) is 0 Å². The van der Waals surface area contributed by atoms with Gasteiger partial charge in [0, 0.05) is 43.3 Å². The van der Waals surface area contributed by atoms with Gasteiger partial charge in [-0.05, 0) is 55.6 Å². The van der Waals surface area contributed by atoms with Gasteiger partial charge in [0.15, 0.2) is 5.65 Å². The van der Waals surface area contributed by atoms with Gasteiger partial charge in [0.1, 0.15) is 17.3 Å². The maximum absolute atomic E-state index is 5.72. The Hall–Kier alpha value is -3.78. The van der Waals surface area contributed by atoms with Gasteiger partial charge in [-0.2, -0.15) is 5.10 Å². The van der Waals surface area contributed by atoms with Crippen LogP contribution in [0.25, 0.3) is 16.7 Å². The lowest BCUT2D eigenvalue weighted by atomic mass is 10.2. The lowest BCUT2D eigenvalue weighted by Crippen LogP contribution is -2.44. The van der Waals surface area contributed by atoms with Gasteiger partial charge in [0.25, 0.3) is 0 Å². The Morgan fingerprint density at radius 1 is 0.879 bits per heavy atom. The maximum atomic E-state index is 5.72. The molecule has 4 aromatic rings. The number of ether oxygens (including phenoxy) is 2. The number of nitrogens with one attached hydrogen (secondary N) is 1. The van der Waals surface area contributed by atoms with Crippen molar-refractivity contribution in [3.8, 4) is 17.2 Å². The van der Waals surface area contributed by atoms with E-state index in [4.69, 9.17) is 14.5 Å². The summed E-state index contributed by atoms with van der Waals surface area (Å²) in [5, 5.41) is 8.91. The topological polar surface area (TPSA) is 67.7 Å². The van der Waals surface area contributed by atoms with Gasteiger partial charge < -0.3 is 24.6 Å². The first-order valence-electron chi connectivity index (χ1n) is 11.0. The third-order valence-electron chi connectivity index (χ3n) is 6.03. The molecule has 5 rings (SSSR count). The molecule has 0 radical (unpaired) electrons. The van der Waals surface area contributed by atoms with E-state index in [9.17, 15) is 0 Å². The van der Waals surface area contributed by atoms with Crippen LogP contribution >= 0.6 is 0 Å². The normalized spacial score (nSPS) is 14.5. The summed E-state index contributed by atoms with van der Waals surface area (Å²) in [4.78, 5) is 9.55. The molecule has 170 valence electrons. The van der Waals surface area contributed by atoms with E-state index < -0.39 is 0 Å². The molecule has 0 amide bonds. The number of benzene rings is 2. The van der Waals surface area contributed by atoms with Crippen LogP contribution in [0.4, 0.5) is 17.2 Å². The SMILES string of the molecule is COc1ccc(-n2ncc3ccc(Nc4ccc(N5CCN(C)CC5)c(OC)c4)nc32)cc1. The van der Waals surface area contributed by atoms with Gasteiger partial charge in [-0.3, -0.25) is 0 Å². The first kappa shape index (κ1) is 21.1. The maximum Gasteiger partial charge on any atom is 0.165 e.